The number of methoxy groups -OCH3 is 1. The van der Waals surface area contributed by atoms with Gasteiger partial charge in [0.05, 0.1) is 27.9 Å². The molecule has 0 unspecified atom stereocenters. The number of aromatic nitrogens is 1. The molecule has 0 saturated carbocycles. The van der Waals surface area contributed by atoms with Crippen LogP contribution in [-0.4, -0.2) is 65.6 Å². The zero-order chi connectivity index (χ0) is 25.9. The number of thiazole rings is 1. The van der Waals surface area contributed by atoms with E-state index in [1.165, 1.54) is 34.8 Å². The van der Waals surface area contributed by atoms with Crippen molar-refractivity contribution < 1.29 is 17.9 Å². The zero-order valence-electron chi connectivity index (χ0n) is 21.0. The molecule has 196 valence electrons. The van der Waals surface area contributed by atoms with Gasteiger partial charge in [0.2, 0.25) is 0 Å². The summed E-state index contributed by atoms with van der Waals surface area (Å²) in [5, 5.41) is 0.575. The number of halogens is 1. The number of rotatable bonds is 9. The molecule has 0 radical (unpaired) electrons. The minimum Gasteiger partial charge on any atom is -0.497 e. The Kier molecular flexibility index (Phi) is 9.14. The van der Waals surface area contributed by atoms with Gasteiger partial charge in [0.1, 0.15) is 5.75 Å². The van der Waals surface area contributed by atoms with Gasteiger partial charge in [-0.05, 0) is 68.7 Å². The van der Waals surface area contributed by atoms with Gasteiger partial charge in [0, 0.05) is 25.7 Å². The third-order valence-electron chi connectivity index (χ3n) is 5.71. The van der Waals surface area contributed by atoms with E-state index in [1.54, 1.807) is 48.4 Å². The van der Waals surface area contributed by atoms with Gasteiger partial charge in [0.25, 0.3) is 15.9 Å². The first-order valence-electron chi connectivity index (χ1n) is 11.3. The van der Waals surface area contributed by atoms with Gasteiger partial charge >= 0.3 is 0 Å². The lowest BCUT2D eigenvalue weighted by Gasteiger charge is -2.22. The number of ether oxygens (including phenoxy) is 1. The average molecular weight is 561 g/mol. The maximum absolute atomic E-state index is 13.6. The normalized spacial score (nSPS) is 11.3. The van der Waals surface area contributed by atoms with Crippen molar-refractivity contribution in [2.24, 2.45) is 0 Å². The Morgan fingerprint density at radius 2 is 1.62 bits per heavy atom. The summed E-state index contributed by atoms with van der Waals surface area (Å²) >= 11 is 1.41. The number of carbonyl (C=O) groups excluding carboxylic acids is 1. The second kappa shape index (κ2) is 11.9. The number of hydrogen-bond acceptors (Lipinski definition) is 7. The third-order valence-corrected chi connectivity index (χ3v) is 8.55. The molecule has 37 heavy (non-hydrogen) atoms. The fourth-order valence-electron chi connectivity index (χ4n) is 3.58. The van der Waals surface area contributed by atoms with Crippen LogP contribution < -0.4 is 13.9 Å². The minimum atomic E-state index is -3.77. The lowest BCUT2D eigenvalue weighted by molar-refractivity contribution is 0.0985. The predicted molar refractivity (Wildman–Crippen MR) is 152 cm³/mol. The van der Waals surface area contributed by atoms with Gasteiger partial charge in [0.15, 0.2) is 5.13 Å². The topological polar surface area (TPSA) is 83.0 Å². The van der Waals surface area contributed by atoms with E-state index in [-0.39, 0.29) is 23.2 Å². The van der Waals surface area contributed by atoms with Crippen LogP contribution >= 0.6 is 23.7 Å². The highest BCUT2D eigenvalue weighted by Gasteiger charge is 2.24. The Labute approximate surface area is 227 Å². The van der Waals surface area contributed by atoms with Gasteiger partial charge in [-0.15, -0.1) is 12.4 Å². The SMILES string of the molecule is COc1ccc2nc(N(CCN(C)C)C(=O)c3ccc(S(=O)(=O)N(C)c4ccccc4)cc3)sc2c1.Cl. The fourth-order valence-corrected chi connectivity index (χ4v) is 5.79. The van der Waals surface area contributed by atoms with Crippen LogP contribution in [0, 0.1) is 0 Å². The standard InChI is InChI=1S/C26H28N4O4S2.ClH/c1-28(2)16-17-30(26-27-23-15-12-21(34-4)18-24(23)35-26)25(31)19-10-13-22(14-11-19)36(32,33)29(3)20-8-6-5-7-9-20;/h5-15,18H,16-17H2,1-4H3;1H. The van der Waals surface area contributed by atoms with Gasteiger partial charge in [-0.3, -0.25) is 14.0 Å². The minimum absolute atomic E-state index is 0. The van der Waals surface area contributed by atoms with E-state index in [0.29, 0.717) is 29.5 Å². The van der Waals surface area contributed by atoms with Crippen molar-refractivity contribution in [2.75, 3.05) is 50.5 Å². The van der Waals surface area contributed by atoms with Gasteiger partial charge in [-0.2, -0.15) is 0 Å². The number of hydrogen-bond donors (Lipinski definition) is 0. The van der Waals surface area contributed by atoms with Crippen molar-refractivity contribution in [3.63, 3.8) is 0 Å². The summed E-state index contributed by atoms with van der Waals surface area (Å²) in [6, 6.07) is 20.5. The quantitative estimate of drug-likeness (QED) is 0.293. The number of sulfonamides is 1. The smallest absolute Gasteiger partial charge is 0.264 e. The molecule has 0 bridgehead atoms. The van der Waals surface area contributed by atoms with Crippen LogP contribution in [0.25, 0.3) is 10.2 Å². The largest absolute Gasteiger partial charge is 0.497 e. The van der Waals surface area contributed by atoms with Crippen molar-refractivity contribution in [1.82, 2.24) is 9.88 Å². The van der Waals surface area contributed by atoms with Crippen molar-refractivity contribution >= 4 is 60.7 Å². The molecule has 0 atom stereocenters. The maximum Gasteiger partial charge on any atom is 0.264 e. The predicted octanol–water partition coefficient (Wildman–Crippen LogP) is 4.76. The van der Waals surface area contributed by atoms with Crippen LogP contribution in [0.5, 0.6) is 5.75 Å². The molecule has 1 amide bonds. The molecule has 0 aliphatic carbocycles. The molecule has 4 aromatic rings. The van der Waals surface area contributed by atoms with E-state index in [9.17, 15) is 13.2 Å². The molecule has 0 N–H and O–H groups in total. The Morgan fingerprint density at radius 3 is 2.24 bits per heavy atom. The van der Waals surface area contributed by atoms with E-state index in [0.717, 1.165) is 16.0 Å². The first kappa shape index (κ1) is 28.4. The lowest BCUT2D eigenvalue weighted by atomic mass is 10.2. The molecular weight excluding hydrogens is 532 g/mol. The number of fused-ring (bicyclic) bond motifs is 1. The van der Waals surface area contributed by atoms with Crippen molar-refractivity contribution in [3.8, 4) is 5.75 Å². The van der Waals surface area contributed by atoms with Crippen LogP contribution in [0.15, 0.2) is 77.7 Å². The molecular formula is C26H29ClN4O4S2. The molecule has 0 aliphatic heterocycles. The highest BCUT2D eigenvalue weighted by atomic mass is 35.5. The zero-order valence-corrected chi connectivity index (χ0v) is 23.4. The molecule has 3 aromatic carbocycles. The molecule has 11 heteroatoms. The van der Waals surface area contributed by atoms with Gasteiger partial charge in [-0.25, -0.2) is 13.4 Å². The highest BCUT2D eigenvalue weighted by Crippen LogP contribution is 2.32. The number of nitrogens with zero attached hydrogens (tertiary/aromatic N) is 4. The summed E-state index contributed by atoms with van der Waals surface area (Å²) in [5.41, 5.74) is 1.72. The van der Waals surface area contributed by atoms with Crippen LogP contribution in [0.4, 0.5) is 10.8 Å². The molecule has 0 spiro atoms. The van der Waals surface area contributed by atoms with Crippen molar-refractivity contribution in [1.29, 1.82) is 0 Å². The van der Waals surface area contributed by atoms with E-state index < -0.39 is 10.0 Å². The van der Waals surface area contributed by atoms with Crippen LogP contribution in [0.3, 0.4) is 0 Å². The Morgan fingerprint density at radius 1 is 0.946 bits per heavy atom. The molecule has 4 rings (SSSR count). The summed E-state index contributed by atoms with van der Waals surface area (Å²) < 4.78 is 33.7. The Bertz CT molecular complexity index is 1460. The Hall–Kier alpha value is -3.18. The Balaban J connectivity index is 0.00000380. The average Bonchev–Trinajstić information content (AvgIpc) is 3.31. The lowest BCUT2D eigenvalue weighted by Crippen LogP contribution is -2.36. The summed E-state index contributed by atoms with van der Waals surface area (Å²) in [7, 11) is 3.22. The first-order chi connectivity index (χ1) is 17.2. The molecule has 0 fully saturated rings. The number of amides is 1. The first-order valence-corrected chi connectivity index (χ1v) is 13.5. The van der Waals surface area contributed by atoms with Crippen molar-refractivity contribution in [3.05, 3.63) is 78.4 Å². The number of likely N-dealkylation sites (N-methyl/N-ethyl adjacent to an activating group) is 1. The fraction of sp³-hybridized carbons (Fsp3) is 0.231. The van der Waals surface area contributed by atoms with E-state index >= 15 is 0 Å². The van der Waals surface area contributed by atoms with Gasteiger partial charge in [-0.1, -0.05) is 29.5 Å². The molecule has 1 heterocycles. The van der Waals surface area contributed by atoms with E-state index in [2.05, 4.69) is 4.98 Å². The summed E-state index contributed by atoms with van der Waals surface area (Å²) in [6.45, 7) is 1.07. The molecule has 1 aromatic heterocycles. The second-order valence-corrected chi connectivity index (χ2v) is 11.4. The van der Waals surface area contributed by atoms with Crippen LogP contribution in [0.1, 0.15) is 10.4 Å². The molecule has 0 saturated heterocycles. The molecule has 8 nitrogen and oxygen atoms in total. The number of para-hydroxylation sites is 1. The van der Waals surface area contributed by atoms with Crippen LogP contribution in [0.2, 0.25) is 0 Å². The van der Waals surface area contributed by atoms with Crippen LogP contribution in [-0.2, 0) is 10.0 Å². The summed E-state index contributed by atoms with van der Waals surface area (Å²) in [5.74, 6) is 0.476. The second-order valence-electron chi connectivity index (χ2n) is 8.42. The number of anilines is 2. The third kappa shape index (κ3) is 6.22. The highest BCUT2D eigenvalue weighted by molar-refractivity contribution is 7.92. The molecule has 0 aliphatic rings. The number of carbonyl (C=O) groups is 1. The number of benzene rings is 3. The maximum atomic E-state index is 13.6. The van der Waals surface area contributed by atoms with Gasteiger partial charge < -0.3 is 9.64 Å². The van der Waals surface area contributed by atoms with E-state index in [1.807, 2.05) is 43.3 Å². The van der Waals surface area contributed by atoms with Crippen molar-refractivity contribution in [2.45, 2.75) is 4.90 Å². The van der Waals surface area contributed by atoms with E-state index in [4.69, 9.17) is 4.74 Å². The summed E-state index contributed by atoms with van der Waals surface area (Å²) in [6.07, 6.45) is 0. The summed E-state index contributed by atoms with van der Waals surface area (Å²) in [4.78, 5) is 22.0. The monoisotopic (exact) mass is 560 g/mol.